The maximum Gasteiger partial charge on any atom is 0.140 e. The Balaban J connectivity index is 1.72. The van der Waals surface area contributed by atoms with E-state index in [1.807, 2.05) is 7.05 Å². The van der Waals surface area contributed by atoms with Crippen molar-refractivity contribution < 1.29 is 4.52 Å². The van der Waals surface area contributed by atoms with E-state index in [0.717, 1.165) is 31.1 Å². The molecule has 0 spiro atoms. The fraction of sp³-hybridized carbons (Fsp3) is 0.700. The summed E-state index contributed by atoms with van der Waals surface area (Å²) in [6.45, 7) is 2.74. The molecular weight excluding hydrogens is 178 g/mol. The van der Waals surface area contributed by atoms with E-state index in [0.29, 0.717) is 5.92 Å². The van der Waals surface area contributed by atoms with Crippen LogP contribution < -0.4 is 10.6 Å². The van der Waals surface area contributed by atoms with Crippen LogP contribution in [0.15, 0.2) is 10.6 Å². The van der Waals surface area contributed by atoms with E-state index < -0.39 is 0 Å². The van der Waals surface area contributed by atoms with Crippen molar-refractivity contribution in [2.45, 2.75) is 25.3 Å². The Morgan fingerprint density at radius 2 is 2.36 bits per heavy atom. The number of nitrogens with one attached hydrogen (secondary N) is 2. The SMILES string of the molecule is CNCCNCc1cc(C2CC2)on1. The van der Waals surface area contributed by atoms with Gasteiger partial charge in [0.25, 0.3) is 0 Å². The van der Waals surface area contributed by atoms with Crippen LogP contribution in [0.4, 0.5) is 0 Å². The fourth-order valence-electron chi connectivity index (χ4n) is 1.40. The molecule has 78 valence electrons. The molecule has 2 rings (SSSR count). The van der Waals surface area contributed by atoms with Crippen molar-refractivity contribution >= 4 is 0 Å². The Morgan fingerprint density at radius 1 is 1.50 bits per heavy atom. The lowest BCUT2D eigenvalue weighted by Crippen LogP contribution is -2.24. The van der Waals surface area contributed by atoms with Crippen molar-refractivity contribution in [2.75, 3.05) is 20.1 Å². The Kier molecular flexibility index (Phi) is 3.16. The van der Waals surface area contributed by atoms with Gasteiger partial charge in [-0.3, -0.25) is 0 Å². The van der Waals surface area contributed by atoms with E-state index in [1.54, 1.807) is 0 Å². The Bertz CT molecular complexity index is 281. The first-order chi connectivity index (χ1) is 6.90. The number of rotatable bonds is 6. The van der Waals surface area contributed by atoms with Crippen LogP contribution in [0.25, 0.3) is 0 Å². The summed E-state index contributed by atoms with van der Waals surface area (Å²) in [6, 6.07) is 2.07. The number of likely N-dealkylation sites (N-methyl/N-ethyl adjacent to an activating group) is 1. The smallest absolute Gasteiger partial charge is 0.140 e. The third-order valence-electron chi connectivity index (χ3n) is 2.41. The average Bonchev–Trinajstić information content (AvgIpc) is 2.94. The van der Waals surface area contributed by atoms with Crippen LogP contribution in [0.2, 0.25) is 0 Å². The van der Waals surface area contributed by atoms with Gasteiger partial charge in [-0.05, 0) is 19.9 Å². The van der Waals surface area contributed by atoms with Gasteiger partial charge in [0.2, 0.25) is 0 Å². The van der Waals surface area contributed by atoms with Crippen LogP contribution in [0.1, 0.15) is 30.2 Å². The normalized spacial score (nSPS) is 16.1. The first-order valence-electron chi connectivity index (χ1n) is 5.21. The second kappa shape index (κ2) is 4.57. The van der Waals surface area contributed by atoms with Crippen molar-refractivity contribution in [3.8, 4) is 0 Å². The molecule has 0 aliphatic heterocycles. The quantitative estimate of drug-likeness (QED) is 0.661. The molecule has 0 atom stereocenters. The largest absolute Gasteiger partial charge is 0.361 e. The summed E-state index contributed by atoms with van der Waals surface area (Å²) < 4.78 is 5.24. The maximum absolute atomic E-state index is 5.24. The van der Waals surface area contributed by atoms with Gasteiger partial charge in [-0.15, -0.1) is 0 Å². The maximum atomic E-state index is 5.24. The van der Waals surface area contributed by atoms with E-state index in [9.17, 15) is 0 Å². The van der Waals surface area contributed by atoms with Gasteiger partial charge in [-0.1, -0.05) is 5.16 Å². The highest BCUT2D eigenvalue weighted by Crippen LogP contribution is 2.40. The second-order valence-electron chi connectivity index (χ2n) is 3.78. The van der Waals surface area contributed by atoms with Gasteiger partial charge in [-0.25, -0.2) is 0 Å². The second-order valence-corrected chi connectivity index (χ2v) is 3.78. The van der Waals surface area contributed by atoms with Gasteiger partial charge in [0.05, 0.1) is 5.69 Å². The third kappa shape index (κ3) is 2.56. The highest BCUT2D eigenvalue weighted by Gasteiger charge is 2.27. The van der Waals surface area contributed by atoms with Crippen LogP contribution in [-0.2, 0) is 6.54 Å². The minimum absolute atomic E-state index is 0.661. The molecule has 1 heterocycles. The van der Waals surface area contributed by atoms with Crippen molar-refractivity contribution in [2.24, 2.45) is 0 Å². The third-order valence-corrected chi connectivity index (χ3v) is 2.41. The van der Waals surface area contributed by atoms with Gasteiger partial charge in [0, 0.05) is 31.6 Å². The number of hydrogen-bond acceptors (Lipinski definition) is 4. The van der Waals surface area contributed by atoms with Crippen LogP contribution >= 0.6 is 0 Å². The highest BCUT2D eigenvalue weighted by molar-refractivity contribution is 5.14. The molecule has 2 N–H and O–H groups in total. The summed E-state index contributed by atoms with van der Waals surface area (Å²) in [6.07, 6.45) is 2.53. The lowest BCUT2D eigenvalue weighted by Gasteiger charge is -1.99. The summed E-state index contributed by atoms with van der Waals surface area (Å²) in [4.78, 5) is 0. The van der Waals surface area contributed by atoms with Crippen LogP contribution in [-0.4, -0.2) is 25.3 Å². The predicted octanol–water partition coefficient (Wildman–Crippen LogP) is 0.861. The fourth-order valence-corrected chi connectivity index (χ4v) is 1.40. The molecular formula is C10H17N3O. The average molecular weight is 195 g/mol. The number of nitrogens with zero attached hydrogens (tertiary/aromatic N) is 1. The first kappa shape index (κ1) is 9.68. The molecule has 1 fully saturated rings. The van der Waals surface area contributed by atoms with Crippen molar-refractivity contribution in [3.63, 3.8) is 0 Å². The topological polar surface area (TPSA) is 50.1 Å². The molecule has 0 bridgehead atoms. The molecule has 0 aromatic carbocycles. The van der Waals surface area contributed by atoms with E-state index in [-0.39, 0.29) is 0 Å². The van der Waals surface area contributed by atoms with Crippen LogP contribution in [0, 0.1) is 0 Å². The van der Waals surface area contributed by atoms with E-state index in [1.165, 1.54) is 12.8 Å². The molecule has 1 aromatic heterocycles. The standard InChI is InChI=1S/C10H17N3O/c1-11-4-5-12-7-9-6-10(14-13-9)8-2-3-8/h6,8,11-12H,2-5,7H2,1H3. The lowest BCUT2D eigenvalue weighted by atomic mass is 10.3. The Morgan fingerprint density at radius 3 is 3.07 bits per heavy atom. The zero-order valence-corrected chi connectivity index (χ0v) is 8.55. The van der Waals surface area contributed by atoms with Gasteiger partial charge < -0.3 is 15.2 Å². The Labute approximate surface area is 84.0 Å². The molecule has 1 aliphatic carbocycles. The molecule has 0 unspecified atom stereocenters. The molecule has 4 nitrogen and oxygen atoms in total. The molecule has 0 saturated heterocycles. The van der Waals surface area contributed by atoms with Crippen LogP contribution in [0.3, 0.4) is 0 Å². The van der Waals surface area contributed by atoms with E-state index in [4.69, 9.17) is 4.52 Å². The van der Waals surface area contributed by atoms with Crippen LogP contribution in [0.5, 0.6) is 0 Å². The molecule has 0 radical (unpaired) electrons. The zero-order chi connectivity index (χ0) is 9.80. The molecule has 1 saturated carbocycles. The molecule has 14 heavy (non-hydrogen) atoms. The Hall–Kier alpha value is -0.870. The van der Waals surface area contributed by atoms with Gasteiger partial charge in [0.1, 0.15) is 5.76 Å². The van der Waals surface area contributed by atoms with Gasteiger partial charge in [0.15, 0.2) is 0 Å². The number of aromatic nitrogens is 1. The van der Waals surface area contributed by atoms with Gasteiger partial charge >= 0.3 is 0 Å². The first-order valence-corrected chi connectivity index (χ1v) is 5.21. The predicted molar refractivity (Wildman–Crippen MR) is 54.1 cm³/mol. The number of hydrogen-bond donors (Lipinski definition) is 2. The van der Waals surface area contributed by atoms with E-state index in [2.05, 4.69) is 21.9 Å². The summed E-state index contributed by atoms with van der Waals surface area (Å²) in [5, 5.41) is 10.4. The summed E-state index contributed by atoms with van der Waals surface area (Å²) >= 11 is 0. The molecule has 0 amide bonds. The van der Waals surface area contributed by atoms with Crippen molar-refractivity contribution in [1.82, 2.24) is 15.8 Å². The monoisotopic (exact) mass is 195 g/mol. The summed E-state index contributed by atoms with van der Waals surface area (Å²) in [5.74, 6) is 1.73. The van der Waals surface area contributed by atoms with E-state index >= 15 is 0 Å². The van der Waals surface area contributed by atoms with Crippen molar-refractivity contribution in [3.05, 3.63) is 17.5 Å². The zero-order valence-electron chi connectivity index (χ0n) is 8.55. The molecule has 1 aliphatic rings. The summed E-state index contributed by atoms with van der Waals surface area (Å²) in [7, 11) is 1.95. The highest BCUT2D eigenvalue weighted by atomic mass is 16.5. The van der Waals surface area contributed by atoms with Gasteiger partial charge in [-0.2, -0.15) is 0 Å². The minimum atomic E-state index is 0.661. The van der Waals surface area contributed by atoms with Crippen molar-refractivity contribution in [1.29, 1.82) is 0 Å². The summed E-state index contributed by atoms with van der Waals surface area (Å²) in [5.41, 5.74) is 1.02. The lowest BCUT2D eigenvalue weighted by molar-refractivity contribution is 0.376. The molecule has 1 aromatic rings. The minimum Gasteiger partial charge on any atom is -0.361 e. The molecule has 4 heteroatoms.